The second-order valence-corrected chi connectivity index (χ2v) is 5.70. The third-order valence-corrected chi connectivity index (χ3v) is 4.52. The highest BCUT2D eigenvalue weighted by atomic mass is 16.5. The van der Waals surface area contributed by atoms with E-state index in [-0.39, 0.29) is 12.1 Å². The Bertz CT molecular complexity index is 485. The van der Waals surface area contributed by atoms with E-state index in [1.807, 2.05) is 29.2 Å². The summed E-state index contributed by atoms with van der Waals surface area (Å²) in [5.41, 5.74) is 1.05. The van der Waals surface area contributed by atoms with Gasteiger partial charge in [-0.05, 0) is 18.4 Å². The molecule has 1 amide bonds. The lowest BCUT2D eigenvalue weighted by molar-refractivity contribution is -0.128. The van der Waals surface area contributed by atoms with Gasteiger partial charge in [0.1, 0.15) is 11.9 Å². The Hall–Kier alpha value is -1.55. The third kappa shape index (κ3) is 2.52. The van der Waals surface area contributed by atoms with Gasteiger partial charge in [0.2, 0.25) is 5.91 Å². The summed E-state index contributed by atoms with van der Waals surface area (Å²) in [4.78, 5) is 14.1. The zero-order valence-corrected chi connectivity index (χ0v) is 12.0. The Morgan fingerprint density at radius 1 is 1.35 bits per heavy atom. The maximum absolute atomic E-state index is 12.1. The van der Waals surface area contributed by atoms with Crippen molar-refractivity contribution in [3.05, 3.63) is 29.8 Å². The van der Waals surface area contributed by atoms with Gasteiger partial charge in [0.05, 0.1) is 13.7 Å². The van der Waals surface area contributed by atoms with Crippen LogP contribution in [0.15, 0.2) is 24.3 Å². The number of ether oxygens (including phenoxy) is 1. The van der Waals surface area contributed by atoms with Crippen LogP contribution in [0.4, 0.5) is 0 Å². The van der Waals surface area contributed by atoms with Crippen molar-refractivity contribution in [3.63, 3.8) is 0 Å². The molecule has 0 radical (unpaired) electrons. The van der Waals surface area contributed by atoms with Gasteiger partial charge in [-0.3, -0.25) is 10.1 Å². The lowest BCUT2D eigenvalue weighted by Gasteiger charge is -2.30. The summed E-state index contributed by atoms with van der Waals surface area (Å²) in [6.07, 6.45) is 5.09. The van der Waals surface area contributed by atoms with Crippen molar-refractivity contribution in [1.82, 2.24) is 10.2 Å². The van der Waals surface area contributed by atoms with Crippen LogP contribution in [0.5, 0.6) is 5.75 Å². The molecule has 0 bridgehead atoms. The van der Waals surface area contributed by atoms with Gasteiger partial charge in [0.25, 0.3) is 0 Å². The van der Waals surface area contributed by atoms with Crippen molar-refractivity contribution in [2.45, 2.75) is 31.8 Å². The van der Waals surface area contributed by atoms with Gasteiger partial charge in [0, 0.05) is 12.1 Å². The molecule has 0 aromatic heterocycles. The van der Waals surface area contributed by atoms with Crippen molar-refractivity contribution in [2.24, 2.45) is 5.92 Å². The first-order valence-corrected chi connectivity index (χ1v) is 7.45. The van der Waals surface area contributed by atoms with Crippen molar-refractivity contribution < 1.29 is 9.53 Å². The molecule has 4 nitrogen and oxygen atoms in total. The molecule has 1 unspecified atom stereocenters. The van der Waals surface area contributed by atoms with Gasteiger partial charge in [-0.1, -0.05) is 37.5 Å². The highest BCUT2D eigenvalue weighted by molar-refractivity contribution is 5.81. The number of para-hydroxylation sites is 1. The first-order chi connectivity index (χ1) is 9.79. The number of carbonyl (C=O) groups is 1. The van der Waals surface area contributed by atoms with Crippen LogP contribution in [0.1, 0.15) is 37.4 Å². The highest BCUT2D eigenvalue weighted by Crippen LogP contribution is 2.33. The second-order valence-electron chi connectivity index (χ2n) is 5.70. The molecule has 4 heteroatoms. The summed E-state index contributed by atoms with van der Waals surface area (Å²) in [6, 6.07) is 7.93. The van der Waals surface area contributed by atoms with Crippen molar-refractivity contribution >= 4 is 5.91 Å². The summed E-state index contributed by atoms with van der Waals surface area (Å²) in [5, 5.41) is 3.30. The normalized spacial score (nSPS) is 22.9. The Balaban J connectivity index is 1.74. The molecule has 1 heterocycles. The fraction of sp³-hybridized carbons (Fsp3) is 0.562. The molecule has 1 saturated carbocycles. The Kier molecular flexibility index (Phi) is 3.92. The molecule has 2 aliphatic rings. The molecule has 1 aliphatic heterocycles. The molecular formula is C16H22N2O2. The standard InChI is InChI=1S/C16H22N2O2/c1-20-14-8-3-2-7-13(14)16-17-11-15(19)18(16)10-9-12-5-4-6-12/h2-3,7-8,12,16-17H,4-6,9-11H2,1H3. The molecular weight excluding hydrogens is 252 g/mol. The van der Waals surface area contributed by atoms with Gasteiger partial charge in [-0.2, -0.15) is 0 Å². The van der Waals surface area contributed by atoms with Crippen molar-refractivity contribution in [3.8, 4) is 5.75 Å². The number of nitrogens with zero attached hydrogens (tertiary/aromatic N) is 1. The minimum absolute atomic E-state index is 0.0428. The highest BCUT2D eigenvalue weighted by Gasteiger charge is 2.33. The smallest absolute Gasteiger partial charge is 0.238 e. The molecule has 1 aromatic rings. The fourth-order valence-electron chi connectivity index (χ4n) is 3.07. The number of nitrogens with one attached hydrogen (secondary N) is 1. The zero-order chi connectivity index (χ0) is 13.9. The molecule has 108 valence electrons. The van der Waals surface area contributed by atoms with E-state index in [1.54, 1.807) is 7.11 Å². The minimum Gasteiger partial charge on any atom is -0.496 e. The van der Waals surface area contributed by atoms with Crippen LogP contribution in [-0.2, 0) is 4.79 Å². The maximum atomic E-state index is 12.1. The number of hydrogen-bond acceptors (Lipinski definition) is 3. The van der Waals surface area contributed by atoms with Crippen LogP contribution < -0.4 is 10.1 Å². The van der Waals surface area contributed by atoms with Crippen LogP contribution in [0, 0.1) is 5.92 Å². The van der Waals surface area contributed by atoms with E-state index < -0.39 is 0 Å². The molecule has 0 spiro atoms. The van der Waals surface area contributed by atoms with Crippen LogP contribution in [0.25, 0.3) is 0 Å². The third-order valence-electron chi connectivity index (χ3n) is 4.52. The Morgan fingerprint density at radius 2 is 2.15 bits per heavy atom. The lowest BCUT2D eigenvalue weighted by Crippen LogP contribution is -2.33. The molecule has 1 saturated heterocycles. The molecule has 1 atom stereocenters. The van der Waals surface area contributed by atoms with Gasteiger partial charge in [-0.15, -0.1) is 0 Å². The molecule has 1 N–H and O–H groups in total. The second kappa shape index (κ2) is 5.83. The number of rotatable bonds is 5. The SMILES string of the molecule is COc1ccccc1C1NCC(=O)N1CCC1CCC1. The summed E-state index contributed by atoms with van der Waals surface area (Å²) in [6.45, 7) is 1.27. The number of amides is 1. The minimum atomic E-state index is -0.0428. The summed E-state index contributed by atoms with van der Waals surface area (Å²) < 4.78 is 5.42. The Labute approximate surface area is 120 Å². The van der Waals surface area contributed by atoms with E-state index in [2.05, 4.69) is 5.32 Å². The van der Waals surface area contributed by atoms with Gasteiger partial charge < -0.3 is 9.64 Å². The van der Waals surface area contributed by atoms with Crippen LogP contribution >= 0.6 is 0 Å². The van der Waals surface area contributed by atoms with E-state index in [0.29, 0.717) is 6.54 Å². The first-order valence-electron chi connectivity index (χ1n) is 7.45. The number of methoxy groups -OCH3 is 1. The lowest BCUT2D eigenvalue weighted by atomic mass is 9.83. The van der Waals surface area contributed by atoms with E-state index in [0.717, 1.165) is 30.2 Å². The fourth-order valence-corrected chi connectivity index (χ4v) is 3.07. The van der Waals surface area contributed by atoms with Crippen molar-refractivity contribution in [2.75, 3.05) is 20.2 Å². The number of hydrogen-bond donors (Lipinski definition) is 1. The van der Waals surface area contributed by atoms with Crippen LogP contribution in [-0.4, -0.2) is 31.0 Å². The maximum Gasteiger partial charge on any atom is 0.238 e. The predicted molar refractivity (Wildman–Crippen MR) is 77.4 cm³/mol. The largest absolute Gasteiger partial charge is 0.496 e. The summed E-state index contributed by atoms with van der Waals surface area (Å²) in [5.74, 6) is 1.86. The predicted octanol–water partition coefficient (Wildman–Crippen LogP) is 2.32. The van der Waals surface area contributed by atoms with Crippen LogP contribution in [0.2, 0.25) is 0 Å². The molecule has 1 aliphatic carbocycles. The van der Waals surface area contributed by atoms with Crippen molar-refractivity contribution in [1.29, 1.82) is 0 Å². The quantitative estimate of drug-likeness (QED) is 0.896. The van der Waals surface area contributed by atoms with Gasteiger partial charge >= 0.3 is 0 Å². The zero-order valence-electron chi connectivity index (χ0n) is 12.0. The van der Waals surface area contributed by atoms with E-state index >= 15 is 0 Å². The monoisotopic (exact) mass is 274 g/mol. The van der Waals surface area contributed by atoms with E-state index in [9.17, 15) is 4.79 Å². The summed E-state index contributed by atoms with van der Waals surface area (Å²) in [7, 11) is 1.67. The van der Waals surface area contributed by atoms with Gasteiger partial charge in [0.15, 0.2) is 0 Å². The molecule has 1 aromatic carbocycles. The topological polar surface area (TPSA) is 41.6 Å². The first kappa shape index (κ1) is 13.4. The molecule has 2 fully saturated rings. The van der Waals surface area contributed by atoms with E-state index in [4.69, 9.17) is 4.74 Å². The average molecular weight is 274 g/mol. The summed E-state index contributed by atoms with van der Waals surface area (Å²) >= 11 is 0. The van der Waals surface area contributed by atoms with E-state index in [1.165, 1.54) is 19.3 Å². The average Bonchev–Trinajstić information content (AvgIpc) is 2.78. The number of carbonyl (C=O) groups excluding carboxylic acids is 1. The Morgan fingerprint density at radius 3 is 2.85 bits per heavy atom. The van der Waals surface area contributed by atoms with Gasteiger partial charge in [-0.25, -0.2) is 0 Å². The number of benzene rings is 1. The molecule has 3 rings (SSSR count). The molecule has 20 heavy (non-hydrogen) atoms. The van der Waals surface area contributed by atoms with Crippen LogP contribution in [0.3, 0.4) is 0 Å².